The molecule has 1 aliphatic carbocycles. The number of amides is 1. The Morgan fingerprint density at radius 3 is 2.59 bits per heavy atom. The van der Waals surface area contributed by atoms with E-state index in [0.29, 0.717) is 11.0 Å². The first-order chi connectivity index (χ1) is 13.9. The van der Waals surface area contributed by atoms with Gasteiger partial charge in [0.1, 0.15) is 5.82 Å². The van der Waals surface area contributed by atoms with E-state index in [-0.39, 0.29) is 33.3 Å². The standard InChI is InChI=1S/C20H18Cl2F2N4O/c21-12-6-7-13(22)18(17(12)24)28-20-26-15-8-11(14(23)9-16(15)27-20)19(29)25-10-4-2-1-3-5-10/h6-10H,1-5H2,(H,25,29)(H2,26,27,28). The maximum atomic E-state index is 14.5. The van der Waals surface area contributed by atoms with Crippen molar-refractivity contribution in [2.45, 2.75) is 38.1 Å². The third-order valence-electron chi connectivity index (χ3n) is 5.04. The number of aromatic nitrogens is 2. The third-order valence-corrected chi connectivity index (χ3v) is 5.65. The number of H-pyrrole nitrogens is 1. The number of nitrogens with one attached hydrogen (secondary N) is 3. The summed E-state index contributed by atoms with van der Waals surface area (Å²) in [7, 11) is 0. The molecule has 1 saturated carbocycles. The quantitative estimate of drug-likeness (QED) is 0.440. The van der Waals surface area contributed by atoms with Crippen LogP contribution in [0.3, 0.4) is 0 Å². The Bertz CT molecular complexity index is 1080. The lowest BCUT2D eigenvalue weighted by Gasteiger charge is -2.22. The Morgan fingerprint density at radius 2 is 1.83 bits per heavy atom. The number of halogens is 4. The summed E-state index contributed by atoms with van der Waals surface area (Å²) in [5, 5.41) is 5.64. The predicted octanol–water partition coefficient (Wildman–Crippen LogP) is 5.95. The number of aromatic amines is 1. The van der Waals surface area contributed by atoms with Gasteiger partial charge >= 0.3 is 0 Å². The van der Waals surface area contributed by atoms with Crippen molar-refractivity contribution in [3.63, 3.8) is 0 Å². The molecule has 3 N–H and O–H groups in total. The molecule has 9 heteroatoms. The molecule has 5 nitrogen and oxygen atoms in total. The predicted molar refractivity (Wildman–Crippen MR) is 110 cm³/mol. The smallest absolute Gasteiger partial charge is 0.254 e. The summed E-state index contributed by atoms with van der Waals surface area (Å²) in [6.07, 6.45) is 5.08. The van der Waals surface area contributed by atoms with Gasteiger partial charge in [-0.2, -0.15) is 0 Å². The van der Waals surface area contributed by atoms with Crippen LogP contribution in [0.15, 0.2) is 24.3 Å². The highest BCUT2D eigenvalue weighted by Crippen LogP contribution is 2.32. The fourth-order valence-electron chi connectivity index (χ4n) is 3.53. The van der Waals surface area contributed by atoms with Crippen LogP contribution in [0.2, 0.25) is 10.0 Å². The van der Waals surface area contributed by atoms with Crippen molar-refractivity contribution in [1.82, 2.24) is 15.3 Å². The Hall–Kier alpha value is -2.38. The van der Waals surface area contributed by atoms with Gasteiger partial charge in [-0.15, -0.1) is 0 Å². The van der Waals surface area contributed by atoms with Crippen LogP contribution in [0.25, 0.3) is 11.0 Å². The van der Waals surface area contributed by atoms with E-state index in [1.807, 2.05) is 0 Å². The van der Waals surface area contributed by atoms with Gasteiger partial charge in [0.05, 0.1) is 32.3 Å². The van der Waals surface area contributed by atoms with Gasteiger partial charge in [-0.3, -0.25) is 4.79 Å². The molecule has 0 saturated heterocycles. The second-order valence-corrected chi connectivity index (χ2v) is 7.90. The van der Waals surface area contributed by atoms with E-state index in [4.69, 9.17) is 23.2 Å². The van der Waals surface area contributed by atoms with Crippen molar-refractivity contribution in [3.05, 3.63) is 51.5 Å². The molecular formula is C20H18Cl2F2N4O. The summed E-state index contributed by atoms with van der Waals surface area (Å²) in [6.45, 7) is 0. The molecule has 0 radical (unpaired) electrons. The second-order valence-electron chi connectivity index (χ2n) is 7.09. The number of anilines is 2. The fraction of sp³-hybridized carbons (Fsp3) is 0.300. The van der Waals surface area contributed by atoms with Crippen LogP contribution in [0.4, 0.5) is 20.4 Å². The van der Waals surface area contributed by atoms with Crippen LogP contribution >= 0.6 is 23.2 Å². The van der Waals surface area contributed by atoms with Crippen LogP contribution in [0, 0.1) is 11.6 Å². The Balaban J connectivity index is 1.60. The molecule has 1 heterocycles. The van der Waals surface area contributed by atoms with Gasteiger partial charge in [0.25, 0.3) is 5.91 Å². The second kappa shape index (κ2) is 8.16. The summed E-state index contributed by atoms with van der Waals surface area (Å²) in [5.74, 6) is -1.70. The van der Waals surface area contributed by atoms with Crippen LogP contribution in [0.1, 0.15) is 42.5 Å². The van der Waals surface area contributed by atoms with E-state index in [0.717, 1.165) is 32.1 Å². The molecule has 0 atom stereocenters. The van der Waals surface area contributed by atoms with Gasteiger partial charge in [-0.05, 0) is 31.0 Å². The monoisotopic (exact) mass is 438 g/mol. The van der Waals surface area contributed by atoms with E-state index in [1.54, 1.807) is 0 Å². The number of hydrogen-bond acceptors (Lipinski definition) is 3. The molecule has 1 fully saturated rings. The minimum atomic E-state index is -0.724. The molecule has 29 heavy (non-hydrogen) atoms. The number of nitrogens with zero attached hydrogens (tertiary/aromatic N) is 1. The van der Waals surface area contributed by atoms with E-state index in [9.17, 15) is 13.6 Å². The lowest BCUT2D eigenvalue weighted by atomic mass is 9.95. The first-order valence-corrected chi connectivity index (χ1v) is 10.1. The average molecular weight is 439 g/mol. The topological polar surface area (TPSA) is 69.8 Å². The van der Waals surface area contributed by atoms with Crippen molar-refractivity contribution >= 4 is 51.8 Å². The Kier molecular flexibility index (Phi) is 5.61. The number of benzene rings is 2. The van der Waals surface area contributed by atoms with E-state index >= 15 is 0 Å². The minimum absolute atomic E-state index is 0.0473. The molecule has 1 amide bonds. The van der Waals surface area contributed by atoms with E-state index < -0.39 is 17.5 Å². The van der Waals surface area contributed by atoms with Crippen molar-refractivity contribution in [2.75, 3.05) is 5.32 Å². The molecule has 1 aromatic heterocycles. The molecule has 0 unspecified atom stereocenters. The van der Waals surface area contributed by atoms with E-state index in [2.05, 4.69) is 20.6 Å². The summed E-state index contributed by atoms with van der Waals surface area (Å²) >= 11 is 11.8. The van der Waals surface area contributed by atoms with Crippen LogP contribution in [0.5, 0.6) is 0 Å². The SMILES string of the molecule is O=C(NC1CCCCC1)c1cc2nc(Nc3c(Cl)ccc(Cl)c3F)[nH]c2cc1F. The highest BCUT2D eigenvalue weighted by molar-refractivity contribution is 6.35. The lowest BCUT2D eigenvalue weighted by Crippen LogP contribution is -2.36. The number of hydrogen-bond donors (Lipinski definition) is 3. The number of rotatable bonds is 4. The summed E-state index contributed by atoms with van der Waals surface area (Å²) in [4.78, 5) is 19.6. The zero-order valence-electron chi connectivity index (χ0n) is 15.3. The largest absolute Gasteiger partial charge is 0.349 e. The Labute approximate surface area is 175 Å². The number of carbonyl (C=O) groups excluding carboxylic acids is 1. The molecule has 3 aromatic rings. The van der Waals surface area contributed by atoms with Crippen molar-refractivity contribution in [2.24, 2.45) is 0 Å². The highest BCUT2D eigenvalue weighted by Gasteiger charge is 2.21. The molecule has 2 aromatic carbocycles. The van der Waals surface area contributed by atoms with Crippen LogP contribution in [-0.4, -0.2) is 21.9 Å². The molecule has 4 rings (SSSR count). The van der Waals surface area contributed by atoms with Gasteiger partial charge in [-0.25, -0.2) is 13.8 Å². The molecular weight excluding hydrogens is 421 g/mol. The maximum absolute atomic E-state index is 14.5. The number of carbonyl (C=O) groups is 1. The van der Waals surface area contributed by atoms with Gasteiger partial charge < -0.3 is 15.6 Å². The molecule has 152 valence electrons. The van der Waals surface area contributed by atoms with E-state index in [1.165, 1.54) is 24.3 Å². The summed E-state index contributed by atoms with van der Waals surface area (Å²) in [6, 6.07) is 5.43. The molecule has 1 aliphatic rings. The minimum Gasteiger partial charge on any atom is -0.349 e. The average Bonchev–Trinajstić information content (AvgIpc) is 3.09. The summed E-state index contributed by atoms with van der Waals surface area (Å²) in [5.41, 5.74) is 0.598. The zero-order valence-corrected chi connectivity index (χ0v) is 16.8. The molecule has 0 spiro atoms. The van der Waals surface area contributed by atoms with Crippen molar-refractivity contribution in [1.29, 1.82) is 0 Å². The van der Waals surface area contributed by atoms with Crippen molar-refractivity contribution in [3.8, 4) is 0 Å². The highest BCUT2D eigenvalue weighted by atomic mass is 35.5. The van der Waals surface area contributed by atoms with Gasteiger partial charge in [-0.1, -0.05) is 42.5 Å². The number of fused-ring (bicyclic) bond motifs is 1. The van der Waals surface area contributed by atoms with Gasteiger partial charge in [0.15, 0.2) is 5.82 Å². The fourth-order valence-corrected chi connectivity index (χ4v) is 3.88. The first-order valence-electron chi connectivity index (χ1n) is 9.33. The maximum Gasteiger partial charge on any atom is 0.254 e. The van der Waals surface area contributed by atoms with Gasteiger partial charge in [0, 0.05) is 12.1 Å². The molecule has 0 bridgehead atoms. The van der Waals surface area contributed by atoms with Gasteiger partial charge in [0.2, 0.25) is 5.95 Å². The lowest BCUT2D eigenvalue weighted by molar-refractivity contribution is 0.0924. The van der Waals surface area contributed by atoms with Crippen LogP contribution < -0.4 is 10.6 Å². The summed E-state index contributed by atoms with van der Waals surface area (Å²) < 4.78 is 28.7. The third kappa shape index (κ3) is 4.16. The van der Waals surface area contributed by atoms with Crippen LogP contribution in [-0.2, 0) is 0 Å². The zero-order chi connectivity index (χ0) is 20.5. The first kappa shape index (κ1) is 19.9. The Morgan fingerprint density at radius 1 is 1.10 bits per heavy atom. The molecule has 0 aliphatic heterocycles. The normalized spacial score (nSPS) is 14.9. The van der Waals surface area contributed by atoms with Crippen molar-refractivity contribution < 1.29 is 13.6 Å². The number of imidazole rings is 1.